The van der Waals surface area contributed by atoms with E-state index >= 15 is 0 Å². The summed E-state index contributed by atoms with van der Waals surface area (Å²) in [5.41, 5.74) is 1.26. The van der Waals surface area contributed by atoms with Gasteiger partial charge < -0.3 is 5.32 Å². The molecular weight excluding hydrogens is 236 g/mol. The first kappa shape index (κ1) is 12.2. The lowest BCUT2D eigenvalue weighted by atomic mass is 9.69. The highest BCUT2D eigenvalue weighted by atomic mass is 15.1. The number of aromatic nitrogens is 2. The van der Waals surface area contributed by atoms with Gasteiger partial charge in [-0.25, -0.2) is 9.97 Å². The van der Waals surface area contributed by atoms with Gasteiger partial charge >= 0.3 is 0 Å². The van der Waals surface area contributed by atoms with Gasteiger partial charge in [0, 0.05) is 12.2 Å². The summed E-state index contributed by atoms with van der Waals surface area (Å²) in [4.78, 5) is 8.53. The van der Waals surface area contributed by atoms with Crippen molar-refractivity contribution in [2.45, 2.75) is 26.2 Å². The first-order chi connectivity index (χ1) is 9.24. The Balaban J connectivity index is 1.65. The minimum absolute atomic E-state index is 0.431. The van der Waals surface area contributed by atoms with Crippen LogP contribution in [-0.2, 0) is 0 Å². The fraction of sp³-hybridized carbons (Fsp3) is 0.533. The molecule has 1 aromatic heterocycles. The molecular formula is C15H18N4. The predicted molar refractivity (Wildman–Crippen MR) is 73.4 cm³/mol. The van der Waals surface area contributed by atoms with Crippen LogP contribution in [0.5, 0.6) is 0 Å². The highest BCUT2D eigenvalue weighted by Crippen LogP contribution is 2.40. The van der Waals surface area contributed by atoms with Crippen LogP contribution in [-0.4, -0.2) is 16.5 Å². The van der Waals surface area contributed by atoms with Gasteiger partial charge in [-0.05, 0) is 50.0 Å². The Morgan fingerprint density at radius 1 is 1.37 bits per heavy atom. The summed E-state index contributed by atoms with van der Waals surface area (Å²) in [6, 6.07) is 3.78. The standard InChI is InChI=1S/C15H18N4/c1-10-6-14(8-16)19-15(18-10)17-9-13-7-11-2-4-12(13)5-3-11/h2,4,6,11-13H,3,5,7,9H2,1H3,(H,17,18,19). The molecule has 1 fully saturated rings. The zero-order valence-electron chi connectivity index (χ0n) is 11.1. The minimum Gasteiger partial charge on any atom is -0.354 e. The van der Waals surface area contributed by atoms with Crippen LogP contribution in [0.4, 0.5) is 5.95 Å². The SMILES string of the molecule is Cc1cc(C#N)nc(NCC2CC3C=CC2CC3)n1. The van der Waals surface area contributed by atoms with Crippen LogP contribution in [0.3, 0.4) is 0 Å². The maximum atomic E-state index is 8.91. The minimum atomic E-state index is 0.431. The summed E-state index contributed by atoms with van der Waals surface area (Å²) in [5, 5.41) is 12.2. The smallest absolute Gasteiger partial charge is 0.224 e. The van der Waals surface area contributed by atoms with Crippen molar-refractivity contribution in [2.75, 3.05) is 11.9 Å². The molecule has 1 aromatic rings. The van der Waals surface area contributed by atoms with E-state index in [4.69, 9.17) is 5.26 Å². The summed E-state index contributed by atoms with van der Waals surface area (Å²) in [7, 11) is 0. The molecule has 0 aliphatic heterocycles. The number of nitrogens with one attached hydrogen (secondary N) is 1. The molecule has 98 valence electrons. The molecule has 4 rings (SSSR count). The second-order valence-corrected chi connectivity index (χ2v) is 5.59. The average Bonchev–Trinajstić information content (AvgIpc) is 2.46. The molecule has 0 radical (unpaired) electrons. The fourth-order valence-corrected chi connectivity index (χ4v) is 3.21. The molecule has 1 saturated carbocycles. The van der Waals surface area contributed by atoms with E-state index in [1.807, 2.05) is 6.92 Å². The molecule has 3 unspecified atom stereocenters. The number of nitrogens with zero attached hydrogens (tertiary/aromatic N) is 3. The predicted octanol–water partition coefficient (Wildman–Crippen LogP) is 2.67. The number of hydrogen-bond acceptors (Lipinski definition) is 4. The van der Waals surface area contributed by atoms with Crippen LogP contribution in [0.15, 0.2) is 18.2 Å². The summed E-state index contributed by atoms with van der Waals surface area (Å²) in [5.74, 6) is 2.74. The highest BCUT2D eigenvalue weighted by molar-refractivity contribution is 5.33. The van der Waals surface area contributed by atoms with E-state index in [2.05, 4.69) is 33.5 Å². The number of allylic oxidation sites excluding steroid dienone is 2. The Morgan fingerprint density at radius 2 is 2.26 bits per heavy atom. The van der Waals surface area contributed by atoms with Gasteiger partial charge in [-0.15, -0.1) is 0 Å². The zero-order valence-corrected chi connectivity index (χ0v) is 11.1. The molecule has 4 nitrogen and oxygen atoms in total. The molecule has 0 saturated heterocycles. The maximum Gasteiger partial charge on any atom is 0.224 e. The Bertz CT molecular complexity index is 544. The van der Waals surface area contributed by atoms with Crippen molar-refractivity contribution < 1.29 is 0 Å². The van der Waals surface area contributed by atoms with Crippen molar-refractivity contribution in [1.82, 2.24) is 9.97 Å². The third kappa shape index (κ3) is 2.60. The lowest BCUT2D eigenvalue weighted by Gasteiger charge is -2.38. The van der Waals surface area contributed by atoms with Gasteiger partial charge in [0.1, 0.15) is 11.8 Å². The maximum absolute atomic E-state index is 8.91. The molecule has 3 aliphatic rings. The highest BCUT2D eigenvalue weighted by Gasteiger charge is 2.31. The Morgan fingerprint density at radius 3 is 2.89 bits per heavy atom. The Hall–Kier alpha value is -1.89. The number of hydrogen-bond donors (Lipinski definition) is 1. The molecule has 1 heterocycles. The van der Waals surface area contributed by atoms with Crippen molar-refractivity contribution in [3.63, 3.8) is 0 Å². The lowest BCUT2D eigenvalue weighted by molar-refractivity contribution is 0.231. The van der Waals surface area contributed by atoms with E-state index in [1.165, 1.54) is 19.3 Å². The van der Waals surface area contributed by atoms with Crippen LogP contribution >= 0.6 is 0 Å². The summed E-state index contributed by atoms with van der Waals surface area (Å²) in [6.45, 7) is 2.79. The van der Waals surface area contributed by atoms with Crippen LogP contribution in [0.1, 0.15) is 30.7 Å². The molecule has 3 atom stereocenters. The van der Waals surface area contributed by atoms with Gasteiger partial charge in [-0.1, -0.05) is 12.2 Å². The average molecular weight is 254 g/mol. The van der Waals surface area contributed by atoms with Crippen molar-refractivity contribution in [3.8, 4) is 6.07 Å². The summed E-state index contributed by atoms with van der Waals surface area (Å²) >= 11 is 0. The second-order valence-electron chi connectivity index (χ2n) is 5.59. The monoisotopic (exact) mass is 254 g/mol. The third-order valence-corrected chi connectivity index (χ3v) is 4.20. The van der Waals surface area contributed by atoms with Crippen LogP contribution in [0.25, 0.3) is 0 Å². The van der Waals surface area contributed by atoms with E-state index in [0.717, 1.165) is 18.2 Å². The normalized spacial score (nSPS) is 28.1. The quantitative estimate of drug-likeness (QED) is 0.842. The molecule has 0 amide bonds. The zero-order chi connectivity index (χ0) is 13.2. The first-order valence-corrected chi connectivity index (χ1v) is 6.92. The number of anilines is 1. The molecule has 19 heavy (non-hydrogen) atoms. The fourth-order valence-electron chi connectivity index (χ4n) is 3.21. The molecule has 2 bridgehead atoms. The number of aryl methyl sites for hydroxylation is 1. The second kappa shape index (κ2) is 5.00. The van der Waals surface area contributed by atoms with Gasteiger partial charge in [-0.2, -0.15) is 5.26 Å². The largest absolute Gasteiger partial charge is 0.354 e. The lowest BCUT2D eigenvalue weighted by Crippen LogP contribution is -2.32. The van der Waals surface area contributed by atoms with Gasteiger partial charge in [0.15, 0.2) is 0 Å². The van der Waals surface area contributed by atoms with E-state index < -0.39 is 0 Å². The van der Waals surface area contributed by atoms with Crippen LogP contribution in [0, 0.1) is 36.0 Å². The number of nitriles is 1. The van der Waals surface area contributed by atoms with Gasteiger partial charge in [0.2, 0.25) is 5.95 Å². The van der Waals surface area contributed by atoms with E-state index in [9.17, 15) is 0 Å². The first-order valence-electron chi connectivity index (χ1n) is 6.92. The van der Waals surface area contributed by atoms with Gasteiger partial charge in [0.05, 0.1) is 0 Å². The van der Waals surface area contributed by atoms with E-state index in [-0.39, 0.29) is 0 Å². The molecule has 3 aliphatic carbocycles. The van der Waals surface area contributed by atoms with Gasteiger partial charge in [-0.3, -0.25) is 0 Å². The van der Waals surface area contributed by atoms with Crippen molar-refractivity contribution in [3.05, 3.63) is 29.6 Å². The van der Waals surface area contributed by atoms with E-state index in [0.29, 0.717) is 23.5 Å². The summed E-state index contributed by atoms with van der Waals surface area (Å²) < 4.78 is 0. The third-order valence-electron chi connectivity index (χ3n) is 4.20. The van der Waals surface area contributed by atoms with Crippen molar-refractivity contribution in [2.24, 2.45) is 17.8 Å². The Labute approximate surface area is 113 Å². The topological polar surface area (TPSA) is 61.6 Å². The number of rotatable bonds is 3. The van der Waals surface area contributed by atoms with E-state index in [1.54, 1.807) is 6.07 Å². The van der Waals surface area contributed by atoms with Crippen LogP contribution in [0.2, 0.25) is 0 Å². The molecule has 4 heteroatoms. The molecule has 1 N–H and O–H groups in total. The number of fused-ring (bicyclic) bond motifs is 2. The summed E-state index contributed by atoms with van der Waals surface area (Å²) in [6.07, 6.45) is 8.68. The van der Waals surface area contributed by atoms with Crippen molar-refractivity contribution in [1.29, 1.82) is 5.26 Å². The Kier molecular flexibility index (Phi) is 3.20. The molecule has 0 spiro atoms. The van der Waals surface area contributed by atoms with Gasteiger partial charge in [0.25, 0.3) is 0 Å². The van der Waals surface area contributed by atoms with Crippen LogP contribution < -0.4 is 5.32 Å². The van der Waals surface area contributed by atoms with Crippen molar-refractivity contribution >= 4 is 5.95 Å². The molecule has 0 aromatic carbocycles.